The topological polar surface area (TPSA) is 70.4 Å². The Balaban J connectivity index is 1.27. The van der Waals surface area contributed by atoms with Crippen molar-refractivity contribution in [3.05, 3.63) is 54.1 Å². The molecule has 2 aromatic carbocycles. The first-order valence-electron chi connectivity index (χ1n) is 10.9. The molecule has 0 unspecified atom stereocenters. The molecule has 5 heteroatoms. The summed E-state index contributed by atoms with van der Waals surface area (Å²) >= 11 is 0. The number of para-hydroxylation sites is 2. The molecule has 2 aromatic rings. The van der Waals surface area contributed by atoms with Gasteiger partial charge in [-0.25, -0.2) is 0 Å². The lowest BCUT2D eigenvalue weighted by molar-refractivity contribution is 0.102. The maximum absolute atomic E-state index is 12.5. The van der Waals surface area contributed by atoms with Gasteiger partial charge in [0.2, 0.25) is 0 Å². The maximum atomic E-state index is 12.5. The van der Waals surface area contributed by atoms with Crippen molar-refractivity contribution < 1.29 is 4.79 Å². The van der Waals surface area contributed by atoms with E-state index in [1.165, 1.54) is 51.6 Å². The van der Waals surface area contributed by atoms with Crippen molar-refractivity contribution in [1.29, 1.82) is 0 Å². The van der Waals surface area contributed by atoms with Crippen LogP contribution in [0.15, 0.2) is 48.5 Å². The number of benzene rings is 2. The number of anilines is 3. The van der Waals surface area contributed by atoms with Gasteiger partial charge in [0, 0.05) is 36.9 Å². The van der Waals surface area contributed by atoms with Crippen LogP contribution in [0, 0.1) is 5.92 Å². The summed E-state index contributed by atoms with van der Waals surface area (Å²) in [5.74, 6) is 0.757. The molecular weight excluding hydrogens is 360 g/mol. The van der Waals surface area contributed by atoms with Crippen molar-refractivity contribution >= 4 is 23.0 Å². The first-order valence-corrected chi connectivity index (χ1v) is 10.9. The second kappa shape index (κ2) is 9.31. The molecule has 0 aromatic heterocycles. The van der Waals surface area contributed by atoms with Gasteiger partial charge in [-0.15, -0.1) is 0 Å². The fourth-order valence-electron chi connectivity index (χ4n) is 4.61. The summed E-state index contributed by atoms with van der Waals surface area (Å²) in [6.45, 7) is 3.57. The quantitative estimate of drug-likeness (QED) is 0.629. The summed E-state index contributed by atoms with van der Waals surface area (Å²) < 4.78 is 0. The molecule has 0 spiro atoms. The molecule has 1 amide bonds. The van der Waals surface area contributed by atoms with E-state index < -0.39 is 0 Å². The van der Waals surface area contributed by atoms with E-state index >= 15 is 0 Å². The molecule has 29 heavy (non-hydrogen) atoms. The van der Waals surface area contributed by atoms with Crippen molar-refractivity contribution in [3.63, 3.8) is 0 Å². The zero-order chi connectivity index (χ0) is 20.1. The highest BCUT2D eigenvalue weighted by Gasteiger charge is 2.25. The fraction of sp³-hybridized carbons (Fsp3) is 0.458. The van der Waals surface area contributed by atoms with Crippen LogP contribution < -0.4 is 16.4 Å². The predicted octanol–water partition coefficient (Wildman–Crippen LogP) is 4.59. The number of carbonyl (C=O) groups is 1. The fourth-order valence-corrected chi connectivity index (χ4v) is 4.61. The zero-order valence-corrected chi connectivity index (χ0v) is 17.1. The number of rotatable bonds is 6. The molecule has 1 heterocycles. The molecule has 1 saturated carbocycles. The van der Waals surface area contributed by atoms with Gasteiger partial charge in [0.25, 0.3) is 5.91 Å². The van der Waals surface area contributed by atoms with E-state index in [0.717, 1.165) is 18.2 Å². The predicted molar refractivity (Wildman–Crippen MR) is 120 cm³/mol. The SMILES string of the molecule is Nc1ccccc1NC(=O)c1ccc(N[C@@H]2CCN(CC3CCCCC3)C2)cc1. The second-order valence-corrected chi connectivity index (χ2v) is 8.51. The molecule has 2 fully saturated rings. The van der Waals surface area contributed by atoms with Crippen LogP contribution in [0.5, 0.6) is 0 Å². The van der Waals surface area contributed by atoms with Crippen LogP contribution in [0.4, 0.5) is 17.1 Å². The highest BCUT2D eigenvalue weighted by molar-refractivity contribution is 6.05. The normalized spacial score (nSPS) is 20.5. The summed E-state index contributed by atoms with van der Waals surface area (Å²) in [5.41, 5.74) is 8.82. The molecule has 4 rings (SSSR count). The Morgan fingerprint density at radius 1 is 1.00 bits per heavy atom. The van der Waals surface area contributed by atoms with Gasteiger partial charge in [-0.05, 0) is 61.6 Å². The lowest BCUT2D eigenvalue weighted by Gasteiger charge is -2.26. The van der Waals surface area contributed by atoms with E-state index in [4.69, 9.17) is 5.73 Å². The molecular formula is C24H32N4O. The Labute approximate surface area is 173 Å². The third kappa shape index (κ3) is 5.30. The Bertz CT molecular complexity index is 814. The van der Waals surface area contributed by atoms with Crippen molar-refractivity contribution in [2.75, 3.05) is 36.0 Å². The minimum absolute atomic E-state index is 0.144. The number of nitrogens with zero attached hydrogens (tertiary/aromatic N) is 1. The number of amides is 1. The summed E-state index contributed by atoms with van der Waals surface area (Å²) in [6.07, 6.45) is 8.25. The van der Waals surface area contributed by atoms with Crippen molar-refractivity contribution in [3.8, 4) is 0 Å². The van der Waals surface area contributed by atoms with Crippen LogP contribution in [0.3, 0.4) is 0 Å². The molecule has 4 N–H and O–H groups in total. The molecule has 154 valence electrons. The van der Waals surface area contributed by atoms with Gasteiger partial charge in [0.05, 0.1) is 11.4 Å². The first-order chi connectivity index (χ1) is 14.2. The minimum Gasteiger partial charge on any atom is -0.397 e. The van der Waals surface area contributed by atoms with Crippen LogP contribution in [0.25, 0.3) is 0 Å². The largest absolute Gasteiger partial charge is 0.397 e. The smallest absolute Gasteiger partial charge is 0.255 e. The van der Waals surface area contributed by atoms with Gasteiger partial charge >= 0.3 is 0 Å². The number of nitrogens with two attached hydrogens (primary N) is 1. The summed E-state index contributed by atoms with van der Waals surface area (Å²) in [5, 5.41) is 6.51. The Morgan fingerprint density at radius 3 is 2.52 bits per heavy atom. The minimum atomic E-state index is -0.144. The van der Waals surface area contributed by atoms with E-state index in [0.29, 0.717) is 23.0 Å². The average Bonchev–Trinajstić information content (AvgIpc) is 3.17. The number of nitrogen functional groups attached to an aromatic ring is 1. The van der Waals surface area contributed by atoms with Gasteiger partial charge in [-0.1, -0.05) is 31.4 Å². The van der Waals surface area contributed by atoms with E-state index in [2.05, 4.69) is 15.5 Å². The third-order valence-corrected chi connectivity index (χ3v) is 6.24. The van der Waals surface area contributed by atoms with E-state index in [1.807, 2.05) is 42.5 Å². The highest BCUT2D eigenvalue weighted by Crippen LogP contribution is 2.26. The molecule has 0 radical (unpaired) electrons. The number of hydrogen-bond acceptors (Lipinski definition) is 4. The maximum Gasteiger partial charge on any atom is 0.255 e. The number of carbonyl (C=O) groups excluding carboxylic acids is 1. The molecule has 1 aliphatic carbocycles. The number of likely N-dealkylation sites (tertiary alicyclic amines) is 1. The summed E-state index contributed by atoms with van der Waals surface area (Å²) in [6, 6.07) is 15.5. The lowest BCUT2D eigenvalue weighted by Crippen LogP contribution is -2.31. The van der Waals surface area contributed by atoms with Gasteiger partial charge in [0.15, 0.2) is 0 Å². The van der Waals surface area contributed by atoms with Crippen LogP contribution in [-0.2, 0) is 0 Å². The van der Waals surface area contributed by atoms with E-state index in [1.54, 1.807) is 6.07 Å². The molecule has 0 bridgehead atoms. The first kappa shape index (κ1) is 19.8. The van der Waals surface area contributed by atoms with Crippen LogP contribution in [0.2, 0.25) is 0 Å². The standard InChI is InChI=1S/C24H32N4O/c25-22-8-4-5-9-23(22)27-24(29)19-10-12-20(13-11-19)26-21-14-15-28(17-21)16-18-6-2-1-3-7-18/h4-5,8-13,18,21,26H,1-3,6-7,14-17,25H2,(H,27,29)/t21-/m1/s1. The Hall–Kier alpha value is -2.53. The highest BCUT2D eigenvalue weighted by atomic mass is 16.1. The van der Waals surface area contributed by atoms with Crippen molar-refractivity contribution in [1.82, 2.24) is 4.90 Å². The summed E-state index contributed by atoms with van der Waals surface area (Å²) in [4.78, 5) is 15.1. The van der Waals surface area contributed by atoms with Crippen LogP contribution >= 0.6 is 0 Å². The van der Waals surface area contributed by atoms with Gasteiger partial charge < -0.3 is 21.3 Å². The van der Waals surface area contributed by atoms with Gasteiger partial charge in [-0.3, -0.25) is 4.79 Å². The van der Waals surface area contributed by atoms with Crippen LogP contribution in [0.1, 0.15) is 48.9 Å². The molecule has 1 saturated heterocycles. The van der Waals surface area contributed by atoms with Gasteiger partial charge in [-0.2, -0.15) is 0 Å². The lowest BCUT2D eigenvalue weighted by atomic mass is 9.89. The third-order valence-electron chi connectivity index (χ3n) is 6.24. The monoisotopic (exact) mass is 392 g/mol. The molecule has 2 aliphatic rings. The van der Waals surface area contributed by atoms with Crippen LogP contribution in [-0.4, -0.2) is 36.5 Å². The molecule has 1 aliphatic heterocycles. The molecule has 5 nitrogen and oxygen atoms in total. The summed E-state index contributed by atoms with van der Waals surface area (Å²) in [7, 11) is 0. The van der Waals surface area contributed by atoms with Crippen molar-refractivity contribution in [2.24, 2.45) is 5.92 Å². The van der Waals surface area contributed by atoms with E-state index in [9.17, 15) is 4.79 Å². The van der Waals surface area contributed by atoms with E-state index in [-0.39, 0.29) is 5.91 Å². The zero-order valence-electron chi connectivity index (χ0n) is 17.1. The Kier molecular flexibility index (Phi) is 6.35. The average molecular weight is 393 g/mol. The molecule has 1 atom stereocenters. The van der Waals surface area contributed by atoms with Crippen molar-refractivity contribution in [2.45, 2.75) is 44.6 Å². The number of hydrogen-bond donors (Lipinski definition) is 3. The second-order valence-electron chi connectivity index (χ2n) is 8.51. The number of nitrogens with one attached hydrogen (secondary N) is 2. The Morgan fingerprint density at radius 2 is 1.76 bits per heavy atom. The van der Waals surface area contributed by atoms with Gasteiger partial charge in [0.1, 0.15) is 0 Å².